The topological polar surface area (TPSA) is 85.3 Å². The molecule has 0 saturated heterocycles. The van der Waals surface area contributed by atoms with Crippen molar-refractivity contribution >= 4 is 11.9 Å². The third-order valence-corrected chi connectivity index (χ3v) is 3.94. The maximum atomic E-state index is 12.4. The molecule has 0 fully saturated rings. The number of hydrogen-bond acceptors (Lipinski definition) is 7. The van der Waals surface area contributed by atoms with Gasteiger partial charge < -0.3 is 19.3 Å². The number of benzene rings is 1. The molecule has 0 saturated carbocycles. The maximum absolute atomic E-state index is 12.4. The molecular weight excluding hydrogens is 386 g/mol. The summed E-state index contributed by atoms with van der Waals surface area (Å²) in [6.45, 7) is 12.7. The van der Waals surface area contributed by atoms with Crippen LogP contribution in [-0.2, 0) is 25.5 Å². The molecule has 0 aliphatic heterocycles. The Bertz CT molecular complexity index is 642. The van der Waals surface area contributed by atoms with Gasteiger partial charge in [-0.2, -0.15) is 0 Å². The lowest BCUT2D eigenvalue weighted by Gasteiger charge is -2.31. The standard InChI is InChI=1S/C23H37NO6/c1-8-28-19-11-9-17(10-12-19)13-18(16-25)24(14-20(26)29-22(2,3)4)15-21(27)30-23(5,6)7/h9-12,18,25H,8,13-16H2,1-7H3. The van der Waals surface area contributed by atoms with Crippen molar-refractivity contribution in [3.05, 3.63) is 29.8 Å². The normalized spacial score (nSPS) is 13.1. The molecule has 1 unspecified atom stereocenters. The van der Waals surface area contributed by atoms with Gasteiger partial charge in [0.05, 0.1) is 26.3 Å². The Labute approximate surface area is 180 Å². The zero-order valence-electron chi connectivity index (χ0n) is 19.4. The van der Waals surface area contributed by atoms with Gasteiger partial charge in [0.25, 0.3) is 0 Å². The van der Waals surface area contributed by atoms with Crippen molar-refractivity contribution in [2.45, 2.75) is 72.1 Å². The second-order valence-corrected chi connectivity index (χ2v) is 9.20. The number of carbonyl (C=O) groups excluding carboxylic acids is 2. The molecule has 1 aromatic rings. The molecule has 0 heterocycles. The zero-order chi connectivity index (χ0) is 22.9. The van der Waals surface area contributed by atoms with Gasteiger partial charge in [0.2, 0.25) is 0 Å². The van der Waals surface area contributed by atoms with E-state index in [-0.39, 0.29) is 19.7 Å². The fourth-order valence-corrected chi connectivity index (χ4v) is 2.86. The van der Waals surface area contributed by atoms with Crippen molar-refractivity contribution in [2.75, 3.05) is 26.3 Å². The minimum atomic E-state index is -0.640. The smallest absolute Gasteiger partial charge is 0.320 e. The molecule has 0 aromatic heterocycles. The van der Waals surface area contributed by atoms with Crippen LogP contribution in [-0.4, -0.2) is 65.5 Å². The number of hydrogen-bond donors (Lipinski definition) is 1. The van der Waals surface area contributed by atoms with E-state index in [1.165, 1.54) is 0 Å². The molecule has 170 valence electrons. The monoisotopic (exact) mass is 423 g/mol. The highest BCUT2D eigenvalue weighted by molar-refractivity contribution is 5.75. The van der Waals surface area contributed by atoms with E-state index in [4.69, 9.17) is 14.2 Å². The molecule has 0 spiro atoms. The fourth-order valence-electron chi connectivity index (χ4n) is 2.86. The Morgan fingerprint density at radius 1 is 0.933 bits per heavy atom. The van der Waals surface area contributed by atoms with Crippen molar-refractivity contribution in [3.63, 3.8) is 0 Å². The van der Waals surface area contributed by atoms with Crippen LogP contribution < -0.4 is 4.74 Å². The van der Waals surface area contributed by atoms with Gasteiger partial charge in [-0.25, -0.2) is 0 Å². The average molecular weight is 424 g/mol. The Kier molecular flexibility index (Phi) is 9.78. The first-order valence-electron chi connectivity index (χ1n) is 10.3. The Morgan fingerprint density at radius 2 is 1.40 bits per heavy atom. The summed E-state index contributed by atoms with van der Waals surface area (Å²) < 4.78 is 16.3. The van der Waals surface area contributed by atoms with Crippen LogP contribution in [0.4, 0.5) is 0 Å². The highest BCUT2D eigenvalue weighted by Crippen LogP contribution is 2.17. The average Bonchev–Trinajstić information content (AvgIpc) is 2.57. The van der Waals surface area contributed by atoms with Gasteiger partial charge in [-0.15, -0.1) is 0 Å². The molecule has 1 rings (SSSR count). The number of rotatable bonds is 10. The fraction of sp³-hybridized carbons (Fsp3) is 0.652. The third kappa shape index (κ3) is 10.6. The minimum Gasteiger partial charge on any atom is -0.494 e. The summed E-state index contributed by atoms with van der Waals surface area (Å²) >= 11 is 0. The highest BCUT2D eigenvalue weighted by Gasteiger charge is 2.28. The maximum Gasteiger partial charge on any atom is 0.320 e. The Balaban J connectivity index is 2.96. The van der Waals surface area contributed by atoms with Crippen molar-refractivity contribution in [3.8, 4) is 5.75 Å². The lowest BCUT2D eigenvalue weighted by molar-refractivity contribution is -0.161. The van der Waals surface area contributed by atoms with Gasteiger partial charge in [0, 0.05) is 6.04 Å². The van der Waals surface area contributed by atoms with E-state index in [1.54, 1.807) is 46.4 Å². The molecule has 1 aromatic carbocycles. The van der Waals surface area contributed by atoms with Crippen molar-refractivity contribution < 1.29 is 28.9 Å². The SMILES string of the molecule is CCOc1ccc(CC(CO)N(CC(=O)OC(C)(C)C)CC(=O)OC(C)(C)C)cc1. The first kappa shape index (κ1) is 25.9. The quantitative estimate of drug-likeness (QED) is 0.579. The van der Waals surface area contributed by atoms with Crippen LogP contribution in [0, 0.1) is 0 Å². The first-order valence-corrected chi connectivity index (χ1v) is 10.3. The molecule has 1 atom stereocenters. The van der Waals surface area contributed by atoms with Crippen molar-refractivity contribution in [2.24, 2.45) is 0 Å². The number of aliphatic hydroxyl groups is 1. The molecule has 7 heteroatoms. The predicted octanol–water partition coefficient (Wildman–Crippen LogP) is 2.97. The number of ether oxygens (including phenoxy) is 3. The van der Waals surface area contributed by atoms with Gasteiger partial charge in [-0.1, -0.05) is 12.1 Å². The first-order chi connectivity index (χ1) is 13.8. The molecular formula is C23H37NO6. The van der Waals surface area contributed by atoms with E-state index >= 15 is 0 Å². The molecule has 0 aliphatic carbocycles. The van der Waals surface area contributed by atoms with Gasteiger partial charge in [-0.3, -0.25) is 14.5 Å². The molecule has 0 aliphatic rings. The van der Waals surface area contributed by atoms with Crippen LogP contribution in [0.25, 0.3) is 0 Å². The summed E-state index contributed by atoms with van der Waals surface area (Å²) in [6, 6.07) is 7.08. The van der Waals surface area contributed by atoms with E-state index < -0.39 is 29.2 Å². The highest BCUT2D eigenvalue weighted by atomic mass is 16.6. The number of aliphatic hydroxyl groups excluding tert-OH is 1. The van der Waals surface area contributed by atoms with Gasteiger partial charge in [0.15, 0.2) is 0 Å². The van der Waals surface area contributed by atoms with Crippen LogP contribution in [0.5, 0.6) is 5.75 Å². The molecule has 0 radical (unpaired) electrons. The van der Waals surface area contributed by atoms with E-state index in [2.05, 4.69) is 0 Å². The van der Waals surface area contributed by atoms with Crippen molar-refractivity contribution in [1.82, 2.24) is 4.90 Å². The largest absolute Gasteiger partial charge is 0.494 e. The minimum absolute atomic E-state index is 0.126. The van der Waals surface area contributed by atoms with Gasteiger partial charge in [0.1, 0.15) is 17.0 Å². The summed E-state index contributed by atoms with van der Waals surface area (Å²) in [5.41, 5.74) is -0.326. The second kappa shape index (κ2) is 11.3. The zero-order valence-corrected chi connectivity index (χ0v) is 19.4. The summed E-state index contributed by atoms with van der Waals surface area (Å²) in [7, 11) is 0. The molecule has 7 nitrogen and oxygen atoms in total. The van der Waals surface area contributed by atoms with Crippen LogP contribution in [0.15, 0.2) is 24.3 Å². The van der Waals surface area contributed by atoms with E-state index in [0.29, 0.717) is 13.0 Å². The molecule has 0 amide bonds. The number of nitrogens with zero attached hydrogens (tertiary/aromatic N) is 1. The van der Waals surface area contributed by atoms with E-state index in [0.717, 1.165) is 11.3 Å². The number of esters is 2. The van der Waals surface area contributed by atoms with Crippen LogP contribution in [0.3, 0.4) is 0 Å². The van der Waals surface area contributed by atoms with Crippen molar-refractivity contribution in [1.29, 1.82) is 0 Å². The van der Waals surface area contributed by atoms with E-state index in [1.807, 2.05) is 31.2 Å². The molecule has 30 heavy (non-hydrogen) atoms. The van der Waals surface area contributed by atoms with Crippen LogP contribution >= 0.6 is 0 Å². The predicted molar refractivity (Wildman–Crippen MR) is 115 cm³/mol. The summed E-state index contributed by atoms with van der Waals surface area (Å²) in [6.07, 6.45) is 0.453. The lowest BCUT2D eigenvalue weighted by atomic mass is 10.0. The van der Waals surface area contributed by atoms with E-state index in [9.17, 15) is 14.7 Å². The molecule has 0 bridgehead atoms. The van der Waals surface area contributed by atoms with Crippen LogP contribution in [0.1, 0.15) is 54.0 Å². The Hall–Kier alpha value is -2.12. The van der Waals surface area contributed by atoms with Gasteiger partial charge in [-0.05, 0) is 72.6 Å². The lowest BCUT2D eigenvalue weighted by Crippen LogP contribution is -2.47. The number of carbonyl (C=O) groups is 2. The summed E-state index contributed by atoms with van der Waals surface area (Å²) in [5, 5.41) is 10.0. The van der Waals surface area contributed by atoms with Gasteiger partial charge >= 0.3 is 11.9 Å². The van der Waals surface area contributed by atoms with Crippen LogP contribution in [0.2, 0.25) is 0 Å². The molecule has 1 N–H and O–H groups in total. The third-order valence-electron chi connectivity index (χ3n) is 3.94. The second-order valence-electron chi connectivity index (χ2n) is 9.20. The summed E-state index contributed by atoms with van der Waals surface area (Å²) in [4.78, 5) is 26.4. The summed E-state index contributed by atoms with van der Waals surface area (Å²) in [5.74, 6) is -0.159. The Morgan fingerprint density at radius 3 is 1.77 bits per heavy atom.